The molecular formula is C16H17NO2. The van der Waals surface area contributed by atoms with Gasteiger partial charge in [-0.1, -0.05) is 30.3 Å². The van der Waals surface area contributed by atoms with Crippen LogP contribution in [-0.2, 0) is 11.2 Å². The number of aryl methyl sites for hydroxylation is 2. The maximum Gasteiger partial charge on any atom is 0.307 e. The highest BCUT2D eigenvalue weighted by Gasteiger charge is 2.05. The number of carboxylic acids is 1. The van der Waals surface area contributed by atoms with E-state index in [1.165, 1.54) is 5.56 Å². The lowest BCUT2D eigenvalue weighted by atomic mass is 10.1. The second kappa shape index (κ2) is 5.57. The number of hydrogen-bond acceptors (Lipinski definition) is 2. The number of para-hydroxylation sites is 1. The lowest BCUT2D eigenvalue weighted by Crippen LogP contribution is -2.01. The number of aliphatic carboxylic acids is 1. The molecule has 3 nitrogen and oxygen atoms in total. The third-order valence-corrected chi connectivity index (χ3v) is 3.06. The van der Waals surface area contributed by atoms with Crippen LogP contribution in [0.3, 0.4) is 0 Å². The highest BCUT2D eigenvalue weighted by molar-refractivity contribution is 5.71. The van der Waals surface area contributed by atoms with Gasteiger partial charge in [-0.25, -0.2) is 0 Å². The highest BCUT2D eigenvalue weighted by atomic mass is 16.4. The molecule has 2 rings (SSSR count). The average Bonchev–Trinajstić information content (AvgIpc) is 2.34. The molecule has 2 aromatic carbocycles. The van der Waals surface area contributed by atoms with E-state index in [9.17, 15) is 4.79 Å². The number of anilines is 2. The first-order valence-electron chi connectivity index (χ1n) is 6.20. The molecule has 2 N–H and O–H groups in total. The van der Waals surface area contributed by atoms with Crippen LogP contribution in [0.25, 0.3) is 0 Å². The summed E-state index contributed by atoms with van der Waals surface area (Å²) < 4.78 is 0. The molecule has 0 saturated heterocycles. The summed E-state index contributed by atoms with van der Waals surface area (Å²) in [6.45, 7) is 4.03. The van der Waals surface area contributed by atoms with Crippen LogP contribution >= 0.6 is 0 Å². The number of nitrogens with one attached hydrogen (secondary N) is 1. The van der Waals surface area contributed by atoms with Crippen LogP contribution in [0.2, 0.25) is 0 Å². The summed E-state index contributed by atoms with van der Waals surface area (Å²) in [5, 5.41) is 12.2. The van der Waals surface area contributed by atoms with Crippen molar-refractivity contribution in [3.63, 3.8) is 0 Å². The molecule has 0 aromatic heterocycles. The largest absolute Gasteiger partial charge is 0.481 e. The van der Waals surface area contributed by atoms with Crippen molar-refractivity contribution in [3.05, 3.63) is 59.2 Å². The van der Waals surface area contributed by atoms with Gasteiger partial charge in [-0.2, -0.15) is 0 Å². The van der Waals surface area contributed by atoms with Gasteiger partial charge >= 0.3 is 5.97 Å². The van der Waals surface area contributed by atoms with E-state index in [2.05, 4.69) is 18.3 Å². The second-order valence-corrected chi connectivity index (χ2v) is 4.66. The van der Waals surface area contributed by atoms with Crippen molar-refractivity contribution in [2.45, 2.75) is 20.3 Å². The fraction of sp³-hybridized carbons (Fsp3) is 0.188. The van der Waals surface area contributed by atoms with Gasteiger partial charge < -0.3 is 10.4 Å². The highest BCUT2D eigenvalue weighted by Crippen LogP contribution is 2.23. The van der Waals surface area contributed by atoms with Crippen molar-refractivity contribution in [1.82, 2.24) is 0 Å². The van der Waals surface area contributed by atoms with E-state index >= 15 is 0 Å². The van der Waals surface area contributed by atoms with Gasteiger partial charge in [-0.3, -0.25) is 4.79 Å². The molecule has 0 aliphatic carbocycles. The summed E-state index contributed by atoms with van der Waals surface area (Å²) in [5.41, 5.74) is 5.11. The van der Waals surface area contributed by atoms with Crippen molar-refractivity contribution in [2.75, 3.05) is 5.32 Å². The zero-order valence-corrected chi connectivity index (χ0v) is 11.1. The molecule has 19 heavy (non-hydrogen) atoms. The number of carboxylic acid groups (broad SMARTS) is 1. The van der Waals surface area contributed by atoms with Crippen molar-refractivity contribution in [1.29, 1.82) is 0 Å². The molecule has 0 aliphatic rings. The van der Waals surface area contributed by atoms with Crippen LogP contribution in [0.5, 0.6) is 0 Å². The summed E-state index contributed by atoms with van der Waals surface area (Å²) in [6, 6.07) is 13.8. The zero-order chi connectivity index (χ0) is 13.8. The number of rotatable bonds is 4. The number of hydrogen-bond donors (Lipinski definition) is 2. The van der Waals surface area contributed by atoms with Gasteiger partial charge in [0.05, 0.1) is 6.42 Å². The monoisotopic (exact) mass is 255 g/mol. The molecule has 0 heterocycles. The Kier molecular flexibility index (Phi) is 3.85. The number of carbonyl (C=O) groups is 1. The molecule has 0 aliphatic heterocycles. The Labute approximate surface area is 112 Å². The molecule has 0 bridgehead atoms. The van der Waals surface area contributed by atoms with Gasteiger partial charge in [0.1, 0.15) is 0 Å². The molecule has 98 valence electrons. The Morgan fingerprint density at radius 2 is 1.74 bits per heavy atom. The summed E-state index contributed by atoms with van der Waals surface area (Å²) in [4.78, 5) is 10.7. The Morgan fingerprint density at radius 1 is 1.05 bits per heavy atom. The average molecular weight is 255 g/mol. The summed E-state index contributed by atoms with van der Waals surface area (Å²) >= 11 is 0. The van der Waals surface area contributed by atoms with Gasteiger partial charge in [0.2, 0.25) is 0 Å². The van der Waals surface area contributed by atoms with E-state index in [1.54, 1.807) is 0 Å². The summed E-state index contributed by atoms with van der Waals surface area (Å²) in [5.74, 6) is -0.806. The molecule has 0 spiro atoms. The SMILES string of the molecule is Cc1ccccc1Nc1ccc(CC(=O)O)cc1C. The van der Waals surface area contributed by atoms with E-state index in [0.29, 0.717) is 0 Å². The minimum absolute atomic E-state index is 0.0610. The first-order valence-corrected chi connectivity index (χ1v) is 6.20. The van der Waals surface area contributed by atoms with E-state index in [-0.39, 0.29) is 6.42 Å². The first-order chi connectivity index (χ1) is 9.06. The molecule has 0 saturated carbocycles. The Morgan fingerprint density at radius 3 is 2.37 bits per heavy atom. The third kappa shape index (κ3) is 3.35. The third-order valence-electron chi connectivity index (χ3n) is 3.06. The predicted molar refractivity (Wildman–Crippen MR) is 77.0 cm³/mol. The minimum Gasteiger partial charge on any atom is -0.481 e. The molecule has 0 unspecified atom stereocenters. The molecular weight excluding hydrogens is 238 g/mol. The molecule has 3 heteroatoms. The minimum atomic E-state index is -0.806. The van der Waals surface area contributed by atoms with Crippen molar-refractivity contribution in [2.24, 2.45) is 0 Å². The van der Waals surface area contributed by atoms with Gasteiger partial charge in [-0.15, -0.1) is 0 Å². The lowest BCUT2D eigenvalue weighted by Gasteiger charge is -2.12. The molecule has 0 atom stereocenters. The Bertz CT molecular complexity index is 605. The van der Waals surface area contributed by atoms with Gasteiger partial charge in [-0.05, 0) is 42.7 Å². The first kappa shape index (κ1) is 13.1. The predicted octanol–water partition coefficient (Wildman–Crippen LogP) is 3.67. The maximum absolute atomic E-state index is 10.7. The molecule has 0 amide bonds. The smallest absolute Gasteiger partial charge is 0.307 e. The maximum atomic E-state index is 10.7. The fourth-order valence-electron chi connectivity index (χ4n) is 2.01. The standard InChI is InChI=1S/C16H17NO2/c1-11-5-3-4-6-14(11)17-15-8-7-13(9-12(15)2)10-16(18)19/h3-9,17H,10H2,1-2H3,(H,18,19). The van der Waals surface area contributed by atoms with E-state index in [0.717, 1.165) is 22.5 Å². The van der Waals surface area contributed by atoms with Crippen LogP contribution in [0.1, 0.15) is 16.7 Å². The van der Waals surface area contributed by atoms with Crippen LogP contribution < -0.4 is 5.32 Å². The molecule has 2 aromatic rings. The lowest BCUT2D eigenvalue weighted by molar-refractivity contribution is -0.136. The van der Waals surface area contributed by atoms with Crippen LogP contribution in [0.4, 0.5) is 11.4 Å². The molecule has 0 fully saturated rings. The zero-order valence-electron chi connectivity index (χ0n) is 11.1. The van der Waals surface area contributed by atoms with E-state index < -0.39 is 5.97 Å². The topological polar surface area (TPSA) is 49.3 Å². The van der Waals surface area contributed by atoms with Crippen LogP contribution in [0, 0.1) is 13.8 Å². The summed E-state index contributed by atoms with van der Waals surface area (Å²) in [6.07, 6.45) is 0.0610. The fourth-order valence-corrected chi connectivity index (χ4v) is 2.01. The number of benzene rings is 2. The van der Waals surface area contributed by atoms with Gasteiger partial charge in [0, 0.05) is 11.4 Å². The van der Waals surface area contributed by atoms with Crippen molar-refractivity contribution < 1.29 is 9.90 Å². The quantitative estimate of drug-likeness (QED) is 0.876. The Hall–Kier alpha value is -2.29. The van der Waals surface area contributed by atoms with Gasteiger partial charge in [0.25, 0.3) is 0 Å². The van der Waals surface area contributed by atoms with Crippen molar-refractivity contribution in [3.8, 4) is 0 Å². The second-order valence-electron chi connectivity index (χ2n) is 4.66. The Balaban J connectivity index is 2.22. The van der Waals surface area contributed by atoms with E-state index in [1.807, 2.05) is 43.3 Å². The molecule has 0 radical (unpaired) electrons. The normalized spacial score (nSPS) is 10.2. The van der Waals surface area contributed by atoms with Gasteiger partial charge in [0.15, 0.2) is 0 Å². The van der Waals surface area contributed by atoms with Crippen LogP contribution in [-0.4, -0.2) is 11.1 Å². The summed E-state index contributed by atoms with van der Waals surface area (Å²) in [7, 11) is 0. The van der Waals surface area contributed by atoms with Crippen LogP contribution in [0.15, 0.2) is 42.5 Å². The van der Waals surface area contributed by atoms with E-state index in [4.69, 9.17) is 5.11 Å². The van der Waals surface area contributed by atoms with Crippen molar-refractivity contribution >= 4 is 17.3 Å².